The second kappa shape index (κ2) is 11.7. The van der Waals surface area contributed by atoms with Crippen molar-refractivity contribution in [3.05, 3.63) is 89.5 Å². The van der Waals surface area contributed by atoms with E-state index in [9.17, 15) is 9.59 Å². The van der Waals surface area contributed by atoms with Gasteiger partial charge in [-0.05, 0) is 70.9 Å². The van der Waals surface area contributed by atoms with Gasteiger partial charge in [-0.25, -0.2) is 19.8 Å². The third-order valence-electron chi connectivity index (χ3n) is 6.28. The molecule has 10 nitrogen and oxygen atoms in total. The predicted molar refractivity (Wildman–Crippen MR) is 155 cm³/mol. The summed E-state index contributed by atoms with van der Waals surface area (Å²) in [6.45, 7) is 4.07. The van der Waals surface area contributed by atoms with Gasteiger partial charge in [0.05, 0.1) is 32.9 Å². The maximum Gasteiger partial charge on any atom is 0.338 e. The molecule has 1 atom stereocenters. The van der Waals surface area contributed by atoms with Crippen LogP contribution in [-0.4, -0.2) is 33.9 Å². The first-order valence-electron chi connectivity index (χ1n) is 12.8. The molecule has 0 spiro atoms. The highest BCUT2D eigenvalue weighted by Gasteiger charge is 2.35. The SMILES string of the molecule is CCCC1=C(C(=O)OCC)[C@@H](c2ccc3c(c2)OCO3)n2c(s/c(=C/c3cc(Br)c(Sc4ncccn4)o3)c2=O)=N1. The van der Waals surface area contributed by atoms with Crippen molar-refractivity contribution in [2.45, 2.75) is 43.0 Å². The van der Waals surface area contributed by atoms with E-state index in [2.05, 4.69) is 25.9 Å². The molecule has 0 fully saturated rings. The average molecular weight is 656 g/mol. The van der Waals surface area contributed by atoms with Crippen LogP contribution in [0.5, 0.6) is 11.5 Å². The van der Waals surface area contributed by atoms with Crippen LogP contribution < -0.4 is 24.4 Å². The number of benzene rings is 1. The standard InChI is InChI=1S/C28H23BrN4O6S2/c1-3-6-18-22(25(35)36-4-2)23(15-7-8-19-20(11-15)38-14-37-19)33-24(34)21(40-28(33)32-18)13-16-12-17(29)26(39-16)41-27-30-9-5-10-31-27/h5,7-13,23H,3-4,6,14H2,1-2H3/b21-13+/t23-/m1/s1. The third-order valence-corrected chi connectivity index (χ3v) is 8.99. The van der Waals surface area contributed by atoms with Gasteiger partial charge in [-0.2, -0.15) is 0 Å². The van der Waals surface area contributed by atoms with Gasteiger partial charge in [0.15, 0.2) is 26.5 Å². The second-order valence-corrected chi connectivity index (χ2v) is 11.7. The Morgan fingerprint density at radius 2 is 2.02 bits per heavy atom. The zero-order valence-corrected chi connectivity index (χ0v) is 25.2. The van der Waals surface area contributed by atoms with Crippen molar-refractivity contribution < 1.29 is 23.4 Å². The number of esters is 1. The van der Waals surface area contributed by atoms with Gasteiger partial charge in [0.25, 0.3) is 5.56 Å². The molecule has 3 aromatic heterocycles. The van der Waals surface area contributed by atoms with Crippen LogP contribution >= 0.6 is 39.0 Å². The van der Waals surface area contributed by atoms with Crippen LogP contribution in [-0.2, 0) is 9.53 Å². The van der Waals surface area contributed by atoms with Crippen LogP contribution in [0.4, 0.5) is 0 Å². The van der Waals surface area contributed by atoms with Crippen molar-refractivity contribution in [1.82, 2.24) is 14.5 Å². The van der Waals surface area contributed by atoms with Gasteiger partial charge in [-0.3, -0.25) is 9.36 Å². The van der Waals surface area contributed by atoms with Crippen LogP contribution in [0.25, 0.3) is 6.08 Å². The quantitative estimate of drug-likeness (QED) is 0.198. The number of halogens is 1. The molecule has 2 aliphatic heterocycles. The van der Waals surface area contributed by atoms with Crippen LogP contribution in [0, 0.1) is 0 Å². The van der Waals surface area contributed by atoms with E-state index in [0.717, 1.165) is 6.42 Å². The number of nitrogens with zero attached hydrogens (tertiary/aromatic N) is 4. The minimum Gasteiger partial charge on any atom is -0.463 e. The summed E-state index contributed by atoms with van der Waals surface area (Å²) in [5, 5.41) is 1.09. The number of fused-ring (bicyclic) bond motifs is 2. The van der Waals surface area contributed by atoms with Gasteiger partial charge < -0.3 is 18.6 Å². The fourth-order valence-electron chi connectivity index (χ4n) is 4.58. The molecule has 13 heteroatoms. The highest BCUT2D eigenvalue weighted by molar-refractivity contribution is 9.10. The minimum atomic E-state index is -0.756. The number of carbonyl (C=O) groups excluding carboxylic acids is 1. The number of hydrogen-bond donors (Lipinski definition) is 0. The third kappa shape index (κ3) is 5.36. The van der Waals surface area contributed by atoms with E-state index < -0.39 is 12.0 Å². The summed E-state index contributed by atoms with van der Waals surface area (Å²) < 4.78 is 25.2. The van der Waals surface area contributed by atoms with E-state index in [0.29, 0.717) is 64.6 Å². The summed E-state index contributed by atoms with van der Waals surface area (Å²) >= 11 is 6.02. The molecule has 0 saturated heterocycles. The molecule has 5 heterocycles. The number of hydrogen-bond acceptors (Lipinski definition) is 11. The molecule has 1 aromatic carbocycles. The van der Waals surface area contributed by atoms with E-state index in [1.165, 1.54) is 23.1 Å². The average Bonchev–Trinajstić information content (AvgIpc) is 3.66. The van der Waals surface area contributed by atoms with Crippen molar-refractivity contribution >= 4 is 51.1 Å². The van der Waals surface area contributed by atoms with Gasteiger partial charge in [-0.15, -0.1) is 0 Å². The number of rotatable bonds is 8. The van der Waals surface area contributed by atoms with E-state index in [4.69, 9.17) is 23.6 Å². The van der Waals surface area contributed by atoms with E-state index in [1.54, 1.807) is 54.2 Å². The molecule has 0 radical (unpaired) electrons. The Hall–Kier alpha value is -3.68. The number of thiazole rings is 1. The fraction of sp³-hybridized carbons (Fsp3) is 0.250. The lowest BCUT2D eigenvalue weighted by Crippen LogP contribution is -2.40. The molecular formula is C28H23BrN4O6S2. The van der Waals surface area contributed by atoms with Gasteiger partial charge >= 0.3 is 5.97 Å². The first kappa shape index (κ1) is 27.5. The molecule has 210 valence electrons. The van der Waals surface area contributed by atoms with Crippen molar-refractivity contribution in [2.75, 3.05) is 13.4 Å². The Morgan fingerprint density at radius 1 is 1.22 bits per heavy atom. The zero-order valence-electron chi connectivity index (χ0n) is 22.0. The predicted octanol–water partition coefficient (Wildman–Crippen LogP) is 4.60. The molecule has 6 rings (SSSR count). The normalized spacial score (nSPS) is 16.1. The molecule has 0 N–H and O–H groups in total. The Bertz CT molecular complexity index is 1850. The number of aromatic nitrogens is 3. The molecule has 0 amide bonds. The molecule has 0 aliphatic carbocycles. The summed E-state index contributed by atoms with van der Waals surface area (Å²) in [6.07, 6.45) is 6.29. The summed E-state index contributed by atoms with van der Waals surface area (Å²) in [5.74, 6) is 1.12. The monoisotopic (exact) mass is 654 g/mol. The van der Waals surface area contributed by atoms with Crippen LogP contribution in [0.1, 0.15) is 44.1 Å². The second-order valence-electron chi connectivity index (χ2n) is 8.94. The van der Waals surface area contributed by atoms with Gasteiger partial charge in [0, 0.05) is 18.5 Å². The topological polar surface area (TPSA) is 118 Å². The lowest BCUT2D eigenvalue weighted by Gasteiger charge is -2.25. The molecule has 41 heavy (non-hydrogen) atoms. The lowest BCUT2D eigenvalue weighted by molar-refractivity contribution is -0.139. The van der Waals surface area contributed by atoms with Crippen LogP contribution in [0.15, 0.2) is 82.9 Å². The fourth-order valence-corrected chi connectivity index (χ4v) is 6.82. The number of furan rings is 1. The van der Waals surface area contributed by atoms with E-state index in [-0.39, 0.29) is 19.0 Å². The maximum absolute atomic E-state index is 14.0. The summed E-state index contributed by atoms with van der Waals surface area (Å²) in [4.78, 5) is 41.1. The molecule has 0 unspecified atom stereocenters. The molecule has 2 aliphatic rings. The van der Waals surface area contributed by atoms with Gasteiger partial charge in [-0.1, -0.05) is 30.7 Å². The molecule has 0 saturated carbocycles. The maximum atomic E-state index is 14.0. The van der Waals surface area contributed by atoms with Crippen molar-refractivity contribution in [3.63, 3.8) is 0 Å². The first-order valence-corrected chi connectivity index (χ1v) is 15.2. The molecule has 4 aromatic rings. The summed E-state index contributed by atoms with van der Waals surface area (Å²) in [6, 6.07) is 8.19. The Labute approximate surface area is 250 Å². The number of allylic oxidation sites excluding steroid dienone is 1. The van der Waals surface area contributed by atoms with Crippen molar-refractivity contribution in [3.8, 4) is 11.5 Å². The van der Waals surface area contributed by atoms with E-state index in [1.807, 2.05) is 13.0 Å². The van der Waals surface area contributed by atoms with Crippen molar-refractivity contribution in [2.24, 2.45) is 4.99 Å². The minimum absolute atomic E-state index is 0.110. The summed E-state index contributed by atoms with van der Waals surface area (Å²) in [7, 11) is 0. The largest absolute Gasteiger partial charge is 0.463 e. The van der Waals surface area contributed by atoms with Gasteiger partial charge in [0.2, 0.25) is 6.79 Å². The van der Waals surface area contributed by atoms with Gasteiger partial charge in [0.1, 0.15) is 5.76 Å². The Balaban J connectivity index is 1.49. The zero-order chi connectivity index (χ0) is 28.5. The Kier molecular flexibility index (Phi) is 7.82. The van der Waals surface area contributed by atoms with Crippen molar-refractivity contribution in [1.29, 1.82) is 0 Å². The molecular weight excluding hydrogens is 632 g/mol. The van der Waals surface area contributed by atoms with Crippen LogP contribution in [0.2, 0.25) is 0 Å². The molecule has 0 bridgehead atoms. The number of ether oxygens (including phenoxy) is 3. The highest BCUT2D eigenvalue weighted by atomic mass is 79.9. The highest BCUT2D eigenvalue weighted by Crippen LogP contribution is 2.39. The number of carbonyl (C=O) groups is 1. The first-order chi connectivity index (χ1) is 20.0. The van der Waals surface area contributed by atoms with Crippen LogP contribution in [0.3, 0.4) is 0 Å². The Morgan fingerprint density at radius 3 is 2.80 bits per heavy atom. The lowest BCUT2D eigenvalue weighted by atomic mass is 9.94. The summed E-state index contributed by atoms with van der Waals surface area (Å²) in [5.41, 5.74) is 1.33. The smallest absolute Gasteiger partial charge is 0.338 e. The van der Waals surface area contributed by atoms with E-state index >= 15 is 0 Å².